The highest BCUT2D eigenvalue weighted by Gasteiger charge is 2.30. The van der Waals surface area contributed by atoms with Gasteiger partial charge in [-0.2, -0.15) is 0 Å². The summed E-state index contributed by atoms with van der Waals surface area (Å²) in [5.41, 5.74) is 0.947. The largest absolute Gasteiger partial charge is 0.505 e. The molecule has 1 heterocycles. The molecule has 2 fully saturated rings. The lowest BCUT2D eigenvalue weighted by Gasteiger charge is -2.30. The third-order valence-corrected chi connectivity index (χ3v) is 4.33. The van der Waals surface area contributed by atoms with Crippen molar-refractivity contribution in [2.75, 3.05) is 13.1 Å². The van der Waals surface area contributed by atoms with E-state index in [2.05, 4.69) is 10.2 Å². The van der Waals surface area contributed by atoms with Crippen LogP contribution in [-0.2, 0) is 6.54 Å². The summed E-state index contributed by atoms with van der Waals surface area (Å²) in [6.07, 6.45) is 6.35. The molecule has 110 valence electrons. The molecule has 3 nitrogen and oxygen atoms in total. The summed E-state index contributed by atoms with van der Waals surface area (Å²) in [6.45, 7) is 2.95. The topological polar surface area (TPSA) is 35.5 Å². The lowest BCUT2D eigenvalue weighted by molar-refractivity contribution is 0.208. The summed E-state index contributed by atoms with van der Waals surface area (Å²) in [5.74, 6) is -0.783. The minimum absolute atomic E-state index is 0.263. The molecule has 0 bridgehead atoms. The number of benzene rings is 1. The molecule has 1 aromatic rings. The van der Waals surface area contributed by atoms with Gasteiger partial charge in [0.2, 0.25) is 0 Å². The fourth-order valence-electron chi connectivity index (χ4n) is 3.03. The monoisotopic (exact) mass is 278 g/mol. The molecule has 1 atom stereocenters. The highest BCUT2D eigenvalue weighted by Crippen LogP contribution is 2.29. The fourth-order valence-corrected chi connectivity index (χ4v) is 3.03. The lowest BCUT2D eigenvalue weighted by Crippen LogP contribution is -2.44. The van der Waals surface area contributed by atoms with Gasteiger partial charge in [-0.05, 0) is 49.9 Å². The summed E-state index contributed by atoms with van der Waals surface area (Å²) < 4.78 is 13.4. The van der Waals surface area contributed by atoms with Crippen molar-refractivity contribution in [2.45, 2.75) is 50.7 Å². The third-order valence-electron chi connectivity index (χ3n) is 4.33. The van der Waals surface area contributed by atoms with Crippen LogP contribution < -0.4 is 5.32 Å². The van der Waals surface area contributed by atoms with E-state index in [1.807, 2.05) is 6.07 Å². The second-order valence-electron chi connectivity index (χ2n) is 6.09. The molecule has 20 heavy (non-hydrogen) atoms. The minimum atomic E-state index is -0.519. The number of hydrogen-bond donors (Lipinski definition) is 2. The Labute approximate surface area is 119 Å². The number of nitrogens with zero attached hydrogens (tertiary/aromatic N) is 1. The zero-order valence-electron chi connectivity index (χ0n) is 11.8. The Bertz CT molecular complexity index is 456. The van der Waals surface area contributed by atoms with Crippen LogP contribution in [0.3, 0.4) is 0 Å². The maximum absolute atomic E-state index is 13.4. The highest BCUT2D eigenvalue weighted by atomic mass is 19.1. The molecule has 0 spiro atoms. The number of aromatic hydroxyl groups is 1. The van der Waals surface area contributed by atoms with E-state index in [1.165, 1.54) is 44.2 Å². The van der Waals surface area contributed by atoms with E-state index >= 15 is 0 Å². The van der Waals surface area contributed by atoms with E-state index in [0.29, 0.717) is 12.1 Å². The van der Waals surface area contributed by atoms with Gasteiger partial charge in [-0.1, -0.05) is 12.5 Å². The van der Waals surface area contributed by atoms with Gasteiger partial charge in [-0.25, -0.2) is 4.39 Å². The summed E-state index contributed by atoms with van der Waals surface area (Å²) in [7, 11) is 0. The molecular formula is C16H23FN2O. The van der Waals surface area contributed by atoms with Crippen LogP contribution in [0.4, 0.5) is 4.39 Å². The maximum Gasteiger partial charge on any atom is 0.165 e. The number of nitrogens with one attached hydrogen (secondary N) is 1. The Kier molecular flexibility index (Phi) is 4.22. The van der Waals surface area contributed by atoms with Gasteiger partial charge in [0.15, 0.2) is 11.6 Å². The zero-order valence-corrected chi connectivity index (χ0v) is 11.8. The van der Waals surface area contributed by atoms with Gasteiger partial charge >= 0.3 is 0 Å². The first-order chi connectivity index (χ1) is 9.72. The molecule has 1 saturated heterocycles. The maximum atomic E-state index is 13.4. The van der Waals surface area contributed by atoms with Crippen LogP contribution in [0, 0.1) is 5.82 Å². The SMILES string of the molecule is Oc1ccc(CN(CC2CCCCN2)C2CC2)cc1F. The van der Waals surface area contributed by atoms with Gasteiger partial charge in [-0.3, -0.25) is 4.90 Å². The van der Waals surface area contributed by atoms with Crippen molar-refractivity contribution < 1.29 is 9.50 Å². The molecule has 0 radical (unpaired) electrons. The van der Waals surface area contributed by atoms with Gasteiger partial charge in [-0.15, -0.1) is 0 Å². The van der Waals surface area contributed by atoms with Crippen LogP contribution in [0.2, 0.25) is 0 Å². The smallest absolute Gasteiger partial charge is 0.165 e. The molecule has 2 N–H and O–H groups in total. The van der Waals surface area contributed by atoms with Crippen molar-refractivity contribution in [2.24, 2.45) is 0 Å². The normalized spacial score (nSPS) is 23.2. The van der Waals surface area contributed by atoms with E-state index in [9.17, 15) is 9.50 Å². The molecule has 4 heteroatoms. The van der Waals surface area contributed by atoms with Crippen LogP contribution in [0.5, 0.6) is 5.75 Å². The van der Waals surface area contributed by atoms with E-state index in [-0.39, 0.29) is 5.75 Å². The lowest BCUT2D eigenvalue weighted by atomic mass is 10.0. The second-order valence-corrected chi connectivity index (χ2v) is 6.09. The molecule has 1 saturated carbocycles. The Morgan fingerprint density at radius 3 is 2.75 bits per heavy atom. The Hall–Kier alpha value is -1.13. The van der Waals surface area contributed by atoms with E-state index in [4.69, 9.17) is 0 Å². The molecular weight excluding hydrogens is 255 g/mol. The molecule has 0 aromatic heterocycles. The van der Waals surface area contributed by atoms with Crippen molar-refractivity contribution in [1.29, 1.82) is 0 Å². The molecule has 1 unspecified atom stereocenters. The average molecular weight is 278 g/mol. The van der Waals surface area contributed by atoms with E-state index in [1.54, 1.807) is 0 Å². The molecule has 1 aromatic carbocycles. The molecule has 1 aliphatic carbocycles. The van der Waals surface area contributed by atoms with E-state index < -0.39 is 5.82 Å². The summed E-state index contributed by atoms with van der Waals surface area (Å²) >= 11 is 0. The number of rotatable bonds is 5. The number of phenols is 1. The van der Waals surface area contributed by atoms with Gasteiger partial charge in [0, 0.05) is 25.2 Å². The molecule has 0 amide bonds. The minimum Gasteiger partial charge on any atom is -0.505 e. The Morgan fingerprint density at radius 1 is 1.25 bits per heavy atom. The van der Waals surface area contributed by atoms with Gasteiger partial charge in [0.25, 0.3) is 0 Å². The second kappa shape index (κ2) is 6.10. The van der Waals surface area contributed by atoms with Crippen LogP contribution in [-0.4, -0.2) is 35.2 Å². The van der Waals surface area contributed by atoms with Crippen molar-refractivity contribution >= 4 is 0 Å². The highest BCUT2D eigenvalue weighted by molar-refractivity contribution is 5.28. The number of piperidine rings is 1. The molecule has 1 aliphatic heterocycles. The van der Waals surface area contributed by atoms with Crippen LogP contribution in [0.25, 0.3) is 0 Å². The van der Waals surface area contributed by atoms with Crippen LogP contribution in [0.15, 0.2) is 18.2 Å². The van der Waals surface area contributed by atoms with Gasteiger partial charge in [0.1, 0.15) is 0 Å². The number of halogens is 1. The van der Waals surface area contributed by atoms with Gasteiger partial charge in [0.05, 0.1) is 0 Å². The summed E-state index contributed by atoms with van der Waals surface area (Å²) in [5, 5.41) is 12.8. The first-order valence-electron chi connectivity index (χ1n) is 7.67. The molecule has 2 aliphatic rings. The Morgan fingerprint density at radius 2 is 2.10 bits per heavy atom. The first kappa shape index (κ1) is 13.8. The third kappa shape index (κ3) is 3.49. The quantitative estimate of drug-likeness (QED) is 0.869. The number of hydrogen-bond acceptors (Lipinski definition) is 3. The van der Waals surface area contributed by atoms with Crippen LogP contribution in [0.1, 0.15) is 37.7 Å². The standard InChI is InChI=1S/C16H23FN2O/c17-15-9-12(4-7-16(15)20)10-19(14-5-6-14)11-13-3-1-2-8-18-13/h4,7,9,13-14,18,20H,1-3,5-6,8,10-11H2. The number of phenolic OH excluding ortho intramolecular Hbond substituents is 1. The predicted molar refractivity (Wildman–Crippen MR) is 77.1 cm³/mol. The first-order valence-corrected chi connectivity index (χ1v) is 7.67. The van der Waals surface area contributed by atoms with Gasteiger partial charge < -0.3 is 10.4 Å². The summed E-state index contributed by atoms with van der Waals surface area (Å²) in [4.78, 5) is 2.47. The van der Waals surface area contributed by atoms with Crippen LogP contribution >= 0.6 is 0 Å². The fraction of sp³-hybridized carbons (Fsp3) is 0.625. The van der Waals surface area contributed by atoms with Crippen molar-refractivity contribution in [3.05, 3.63) is 29.6 Å². The molecule has 3 rings (SSSR count). The zero-order chi connectivity index (χ0) is 13.9. The summed E-state index contributed by atoms with van der Waals surface area (Å²) in [6, 6.07) is 5.97. The Balaban J connectivity index is 1.62. The van der Waals surface area contributed by atoms with Crippen molar-refractivity contribution in [1.82, 2.24) is 10.2 Å². The van der Waals surface area contributed by atoms with E-state index in [0.717, 1.165) is 25.2 Å². The van der Waals surface area contributed by atoms with Crippen molar-refractivity contribution in [3.63, 3.8) is 0 Å². The average Bonchev–Trinajstić information content (AvgIpc) is 3.28. The predicted octanol–water partition coefficient (Wildman–Crippen LogP) is 2.64. The van der Waals surface area contributed by atoms with Crippen molar-refractivity contribution in [3.8, 4) is 5.75 Å².